The fourth-order valence-electron chi connectivity index (χ4n) is 4.26. The van der Waals surface area contributed by atoms with Crippen LogP contribution in [0.2, 0.25) is 10.0 Å². The van der Waals surface area contributed by atoms with E-state index in [9.17, 15) is 31.1 Å². The minimum Gasteiger partial charge on any atom is -0.406 e. The maximum atomic E-state index is 14.9. The van der Waals surface area contributed by atoms with Crippen LogP contribution in [0.15, 0.2) is 72.8 Å². The van der Waals surface area contributed by atoms with Gasteiger partial charge in [-0.3, -0.25) is 9.80 Å². The monoisotopic (exact) mass is 548 g/mol. The Morgan fingerprint density at radius 2 is 1.36 bits per heavy atom. The molecule has 0 saturated carbocycles. The topological polar surface area (TPSA) is 32.8 Å². The van der Waals surface area contributed by atoms with Crippen LogP contribution in [0.25, 0.3) is 0 Å². The first kappa shape index (κ1) is 26.0. The molecule has 0 aliphatic carbocycles. The number of benzene rings is 3. The maximum absolute atomic E-state index is 14.9. The molecule has 3 aromatic rings. The van der Waals surface area contributed by atoms with Gasteiger partial charge in [0.05, 0.1) is 6.04 Å². The van der Waals surface area contributed by atoms with Gasteiger partial charge < -0.3 is 4.74 Å². The van der Waals surface area contributed by atoms with Gasteiger partial charge >= 0.3 is 18.6 Å². The molecule has 3 aromatic carbocycles. The second kappa shape index (κ2) is 9.08. The number of anilines is 2. The van der Waals surface area contributed by atoms with E-state index in [0.717, 1.165) is 30.0 Å². The third-order valence-corrected chi connectivity index (χ3v) is 6.33. The normalized spacial score (nSPS) is 20.7. The van der Waals surface area contributed by atoms with E-state index >= 15 is 0 Å². The molecule has 1 saturated heterocycles. The molecule has 1 aliphatic rings. The van der Waals surface area contributed by atoms with Crippen LogP contribution in [0, 0.1) is 0 Å². The van der Waals surface area contributed by atoms with Crippen molar-refractivity contribution in [2.24, 2.45) is 0 Å². The smallest absolute Gasteiger partial charge is 0.406 e. The van der Waals surface area contributed by atoms with Crippen molar-refractivity contribution in [3.63, 3.8) is 0 Å². The number of nitrogens with zero attached hydrogens (tertiary/aromatic N) is 2. The average molecular weight is 549 g/mol. The van der Waals surface area contributed by atoms with Crippen molar-refractivity contribution in [1.82, 2.24) is 0 Å². The van der Waals surface area contributed by atoms with Gasteiger partial charge in [-0.2, -0.15) is 13.2 Å². The summed E-state index contributed by atoms with van der Waals surface area (Å²) in [7, 11) is 0. The number of carbonyl (C=O) groups excluding carboxylic acids is 1. The SMILES string of the molecule is C[C@]1(C(F)(F)F)[C@@H](c2cccc(OC(F)(F)F)c2)N(c2ccc(Cl)cc2)C(=O)N1c1ccc(Cl)cc1. The van der Waals surface area contributed by atoms with Crippen LogP contribution in [-0.4, -0.2) is 24.1 Å². The summed E-state index contributed by atoms with van der Waals surface area (Å²) in [6.45, 7) is 0.817. The first-order valence-corrected chi connectivity index (χ1v) is 11.0. The number of rotatable bonds is 4. The Morgan fingerprint density at radius 3 is 1.86 bits per heavy atom. The highest BCUT2D eigenvalue weighted by atomic mass is 35.5. The first-order chi connectivity index (χ1) is 16.7. The number of amides is 2. The van der Waals surface area contributed by atoms with E-state index in [-0.39, 0.29) is 27.0 Å². The third-order valence-electron chi connectivity index (χ3n) is 5.82. The van der Waals surface area contributed by atoms with E-state index in [1.807, 2.05) is 0 Å². The Kier molecular flexibility index (Phi) is 6.55. The van der Waals surface area contributed by atoms with Gasteiger partial charge in [-0.15, -0.1) is 13.2 Å². The van der Waals surface area contributed by atoms with Crippen LogP contribution in [0.4, 0.5) is 42.5 Å². The zero-order valence-corrected chi connectivity index (χ0v) is 19.8. The Hall–Kier alpha value is -3.11. The Labute approximate surface area is 211 Å². The van der Waals surface area contributed by atoms with Crippen molar-refractivity contribution in [2.75, 3.05) is 9.80 Å². The summed E-state index contributed by atoms with van der Waals surface area (Å²) in [6.07, 6.45) is -10.1. The zero-order valence-electron chi connectivity index (χ0n) is 18.2. The minimum atomic E-state index is -5.07. The molecule has 0 radical (unpaired) electrons. The predicted molar refractivity (Wildman–Crippen MR) is 124 cm³/mol. The van der Waals surface area contributed by atoms with Gasteiger partial charge in [0.1, 0.15) is 5.75 Å². The van der Waals surface area contributed by atoms with Crippen LogP contribution >= 0.6 is 23.2 Å². The molecule has 0 bridgehead atoms. The van der Waals surface area contributed by atoms with E-state index < -0.39 is 35.9 Å². The van der Waals surface area contributed by atoms with Crippen molar-refractivity contribution in [3.8, 4) is 5.75 Å². The summed E-state index contributed by atoms with van der Waals surface area (Å²) in [4.78, 5) is 15.2. The molecule has 2 amide bonds. The van der Waals surface area contributed by atoms with Crippen LogP contribution < -0.4 is 14.5 Å². The molecule has 4 rings (SSSR count). The van der Waals surface area contributed by atoms with E-state index in [1.165, 1.54) is 54.6 Å². The Balaban J connectivity index is 1.97. The molecule has 4 nitrogen and oxygen atoms in total. The van der Waals surface area contributed by atoms with Gasteiger partial charge in [0, 0.05) is 21.4 Å². The lowest BCUT2D eigenvalue weighted by Gasteiger charge is -2.40. The van der Waals surface area contributed by atoms with Gasteiger partial charge in [0.15, 0.2) is 5.54 Å². The second-order valence-electron chi connectivity index (χ2n) is 8.11. The van der Waals surface area contributed by atoms with Gasteiger partial charge in [0.2, 0.25) is 0 Å². The molecular weight excluding hydrogens is 533 g/mol. The van der Waals surface area contributed by atoms with Crippen LogP contribution in [-0.2, 0) is 0 Å². The van der Waals surface area contributed by atoms with Crippen LogP contribution in [0.1, 0.15) is 18.5 Å². The zero-order chi connectivity index (χ0) is 26.5. The van der Waals surface area contributed by atoms with Crippen molar-refractivity contribution in [1.29, 1.82) is 0 Å². The van der Waals surface area contributed by atoms with Gasteiger partial charge in [-0.1, -0.05) is 35.3 Å². The van der Waals surface area contributed by atoms with Crippen molar-refractivity contribution < 1.29 is 35.9 Å². The average Bonchev–Trinajstić information content (AvgIpc) is 3.02. The first-order valence-electron chi connectivity index (χ1n) is 10.3. The number of halogens is 8. The molecule has 0 aromatic heterocycles. The largest absolute Gasteiger partial charge is 0.573 e. The highest BCUT2D eigenvalue weighted by Crippen LogP contribution is 2.55. The molecule has 0 spiro atoms. The summed E-state index contributed by atoms with van der Waals surface area (Å²) < 4.78 is 87.2. The molecule has 2 atom stereocenters. The molecule has 12 heteroatoms. The summed E-state index contributed by atoms with van der Waals surface area (Å²) >= 11 is 11.8. The third kappa shape index (κ3) is 4.67. The molecule has 36 heavy (non-hydrogen) atoms. The van der Waals surface area contributed by atoms with Crippen molar-refractivity contribution >= 4 is 40.6 Å². The molecule has 1 fully saturated rings. The molecular formula is C24H16Cl2F6N2O2. The lowest BCUT2D eigenvalue weighted by molar-refractivity contribution is -0.274. The standard InChI is InChI=1S/C24H16Cl2F6N2O2/c1-22(23(27,28)29)20(14-3-2-4-19(13-14)36-24(30,31)32)33(17-9-5-15(25)6-10-17)21(35)34(22)18-11-7-16(26)8-12-18/h2-13,20H,1H3/t20-,22-/m1/s1. The number of ether oxygens (including phenoxy) is 1. The van der Waals surface area contributed by atoms with Crippen molar-refractivity contribution in [2.45, 2.75) is 31.0 Å². The van der Waals surface area contributed by atoms with Crippen molar-refractivity contribution in [3.05, 3.63) is 88.4 Å². The quantitative estimate of drug-likeness (QED) is 0.306. The molecule has 0 N–H and O–H groups in total. The summed E-state index contributed by atoms with van der Waals surface area (Å²) in [5.41, 5.74) is -3.19. The van der Waals surface area contributed by atoms with Crippen LogP contribution in [0.5, 0.6) is 5.75 Å². The number of hydrogen-bond acceptors (Lipinski definition) is 2. The summed E-state index contributed by atoms with van der Waals surface area (Å²) in [5.74, 6) is -0.724. The minimum absolute atomic E-state index is 0.0588. The predicted octanol–water partition coefficient (Wildman–Crippen LogP) is 8.40. The van der Waals surface area contributed by atoms with E-state index in [2.05, 4.69) is 4.74 Å². The lowest BCUT2D eigenvalue weighted by Crippen LogP contribution is -2.57. The fourth-order valence-corrected chi connectivity index (χ4v) is 4.51. The number of alkyl halides is 6. The van der Waals surface area contributed by atoms with E-state index in [1.54, 1.807) is 0 Å². The number of urea groups is 1. The Bertz CT molecular complexity index is 1270. The maximum Gasteiger partial charge on any atom is 0.573 e. The summed E-state index contributed by atoms with van der Waals surface area (Å²) in [5, 5.41) is 0.512. The highest BCUT2D eigenvalue weighted by Gasteiger charge is 2.69. The molecule has 1 heterocycles. The number of carbonyl (C=O) groups is 1. The van der Waals surface area contributed by atoms with E-state index in [4.69, 9.17) is 23.2 Å². The second-order valence-corrected chi connectivity index (χ2v) is 8.98. The molecule has 0 unspecified atom stereocenters. The van der Waals surface area contributed by atoms with Gasteiger partial charge in [-0.25, -0.2) is 4.79 Å². The number of hydrogen-bond donors (Lipinski definition) is 0. The lowest BCUT2D eigenvalue weighted by atomic mass is 9.85. The highest BCUT2D eigenvalue weighted by molar-refractivity contribution is 6.31. The van der Waals surface area contributed by atoms with Crippen LogP contribution in [0.3, 0.4) is 0 Å². The molecule has 190 valence electrons. The fraction of sp³-hybridized carbons (Fsp3) is 0.208. The Morgan fingerprint density at radius 1 is 0.833 bits per heavy atom. The van der Waals surface area contributed by atoms with E-state index in [0.29, 0.717) is 4.90 Å². The molecule has 1 aliphatic heterocycles. The van der Waals surface area contributed by atoms with Gasteiger partial charge in [0.25, 0.3) is 0 Å². The van der Waals surface area contributed by atoms with Gasteiger partial charge in [-0.05, 0) is 73.2 Å². The summed E-state index contributed by atoms with van der Waals surface area (Å²) in [6, 6.07) is 11.9.